The van der Waals surface area contributed by atoms with Crippen molar-refractivity contribution in [1.82, 2.24) is 10.3 Å². The summed E-state index contributed by atoms with van der Waals surface area (Å²) < 4.78 is 5.25. The summed E-state index contributed by atoms with van der Waals surface area (Å²) in [5, 5.41) is 13.5. The monoisotopic (exact) mass is 226 g/mol. The van der Waals surface area contributed by atoms with Crippen LogP contribution in [0.1, 0.15) is 6.92 Å². The molecule has 7 heteroatoms. The number of pyridine rings is 1. The quantitative estimate of drug-likeness (QED) is 0.417. The van der Waals surface area contributed by atoms with Crippen molar-refractivity contribution in [2.45, 2.75) is 6.92 Å². The summed E-state index contributed by atoms with van der Waals surface area (Å²) in [7, 11) is 0. The van der Waals surface area contributed by atoms with E-state index >= 15 is 0 Å². The van der Waals surface area contributed by atoms with Gasteiger partial charge in [0.05, 0.1) is 4.92 Å². The van der Waals surface area contributed by atoms with Crippen LogP contribution in [0, 0.1) is 10.1 Å². The summed E-state index contributed by atoms with van der Waals surface area (Å²) in [5.41, 5.74) is 5.20. The first-order valence-electron chi connectivity index (χ1n) is 4.89. The minimum atomic E-state index is -0.579. The van der Waals surface area contributed by atoms with Crippen molar-refractivity contribution in [3.05, 3.63) is 22.2 Å². The highest BCUT2D eigenvalue weighted by atomic mass is 16.6. The van der Waals surface area contributed by atoms with Crippen LogP contribution in [0.3, 0.4) is 0 Å². The lowest BCUT2D eigenvalue weighted by Crippen LogP contribution is -2.20. The summed E-state index contributed by atoms with van der Waals surface area (Å²) in [4.78, 5) is 13.7. The molecule has 0 fully saturated rings. The molecule has 1 heterocycles. The number of nitrogen functional groups attached to an aromatic ring is 1. The van der Waals surface area contributed by atoms with Crippen molar-refractivity contribution < 1.29 is 9.66 Å². The zero-order valence-corrected chi connectivity index (χ0v) is 8.97. The molecule has 1 aromatic rings. The topological polar surface area (TPSA) is 103 Å². The van der Waals surface area contributed by atoms with Crippen LogP contribution in [0.15, 0.2) is 12.1 Å². The van der Waals surface area contributed by atoms with E-state index in [0.29, 0.717) is 19.0 Å². The van der Waals surface area contributed by atoms with Crippen LogP contribution in [0.25, 0.3) is 0 Å². The number of anilines is 1. The summed E-state index contributed by atoms with van der Waals surface area (Å²) in [6.07, 6.45) is 0. The molecule has 0 unspecified atom stereocenters. The molecule has 88 valence electrons. The average Bonchev–Trinajstić information content (AvgIpc) is 2.24. The number of nitrogens with one attached hydrogen (secondary N) is 1. The first-order chi connectivity index (χ1) is 7.65. The van der Waals surface area contributed by atoms with Crippen LogP contribution in [0.2, 0.25) is 0 Å². The van der Waals surface area contributed by atoms with Gasteiger partial charge in [-0.2, -0.15) is 4.98 Å². The maximum atomic E-state index is 10.5. The molecule has 16 heavy (non-hydrogen) atoms. The predicted octanol–water partition coefficient (Wildman–Crippen LogP) is 0.560. The third-order valence-corrected chi connectivity index (χ3v) is 1.85. The van der Waals surface area contributed by atoms with Crippen molar-refractivity contribution in [3.8, 4) is 5.88 Å². The Bertz CT molecular complexity index is 370. The number of likely N-dealkylation sites (N-methyl/N-ethyl adjacent to an activating group) is 1. The van der Waals surface area contributed by atoms with Crippen molar-refractivity contribution >= 4 is 11.5 Å². The van der Waals surface area contributed by atoms with Crippen molar-refractivity contribution in [2.24, 2.45) is 0 Å². The van der Waals surface area contributed by atoms with Crippen LogP contribution in [0.5, 0.6) is 5.88 Å². The van der Waals surface area contributed by atoms with Crippen LogP contribution in [0.4, 0.5) is 11.5 Å². The Kier molecular flexibility index (Phi) is 4.46. The van der Waals surface area contributed by atoms with E-state index in [1.165, 1.54) is 12.1 Å². The molecule has 0 aliphatic carbocycles. The van der Waals surface area contributed by atoms with Gasteiger partial charge in [-0.1, -0.05) is 6.92 Å². The Morgan fingerprint density at radius 2 is 2.38 bits per heavy atom. The van der Waals surface area contributed by atoms with Crippen molar-refractivity contribution in [3.63, 3.8) is 0 Å². The van der Waals surface area contributed by atoms with Gasteiger partial charge in [0.1, 0.15) is 6.61 Å². The highest BCUT2D eigenvalue weighted by Crippen LogP contribution is 2.21. The molecule has 0 atom stereocenters. The second kappa shape index (κ2) is 5.86. The first-order valence-corrected chi connectivity index (χ1v) is 4.89. The van der Waals surface area contributed by atoms with E-state index < -0.39 is 4.92 Å². The van der Waals surface area contributed by atoms with Crippen molar-refractivity contribution in [1.29, 1.82) is 0 Å². The number of nitro groups is 1. The molecule has 0 saturated carbocycles. The number of hydrogen-bond donors (Lipinski definition) is 2. The highest BCUT2D eigenvalue weighted by Gasteiger charge is 2.12. The second-order valence-electron chi connectivity index (χ2n) is 3.01. The van der Waals surface area contributed by atoms with Gasteiger partial charge in [-0.25, -0.2) is 0 Å². The predicted molar refractivity (Wildman–Crippen MR) is 59.3 cm³/mol. The van der Waals surface area contributed by atoms with Gasteiger partial charge in [0.15, 0.2) is 0 Å². The summed E-state index contributed by atoms with van der Waals surface area (Å²) in [6.45, 7) is 3.98. The smallest absolute Gasteiger partial charge is 0.311 e. The molecule has 0 aromatic carbocycles. The Morgan fingerprint density at radius 1 is 1.62 bits per heavy atom. The molecular weight excluding hydrogens is 212 g/mol. The van der Waals surface area contributed by atoms with Gasteiger partial charge in [-0.3, -0.25) is 10.1 Å². The molecule has 0 spiro atoms. The Labute approximate surface area is 92.8 Å². The maximum Gasteiger partial charge on any atom is 0.311 e. The SMILES string of the molecule is CCNCCOc1ccc([N+](=O)[O-])c(N)n1. The fraction of sp³-hybridized carbons (Fsp3) is 0.444. The Hall–Kier alpha value is -1.89. The third-order valence-electron chi connectivity index (χ3n) is 1.85. The first kappa shape index (κ1) is 12.2. The molecule has 0 aliphatic heterocycles. The van der Waals surface area contributed by atoms with Crippen LogP contribution >= 0.6 is 0 Å². The summed E-state index contributed by atoms with van der Waals surface area (Å²) in [6, 6.07) is 2.71. The Balaban J connectivity index is 2.56. The lowest BCUT2D eigenvalue weighted by molar-refractivity contribution is -0.384. The second-order valence-corrected chi connectivity index (χ2v) is 3.01. The lowest BCUT2D eigenvalue weighted by atomic mass is 10.4. The van der Waals surface area contributed by atoms with Gasteiger partial charge in [-0.05, 0) is 6.54 Å². The van der Waals surface area contributed by atoms with Gasteiger partial charge in [0, 0.05) is 18.7 Å². The lowest BCUT2D eigenvalue weighted by Gasteiger charge is -2.05. The van der Waals surface area contributed by atoms with E-state index in [1.54, 1.807) is 0 Å². The molecular formula is C9H14N4O3. The molecule has 0 amide bonds. The van der Waals surface area contributed by atoms with E-state index in [0.717, 1.165) is 6.54 Å². The maximum absolute atomic E-state index is 10.5. The van der Waals surface area contributed by atoms with Crippen LogP contribution in [-0.2, 0) is 0 Å². The van der Waals surface area contributed by atoms with Gasteiger partial charge < -0.3 is 15.8 Å². The minimum absolute atomic E-state index is 0.133. The summed E-state index contributed by atoms with van der Waals surface area (Å²) >= 11 is 0. The van der Waals surface area contributed by atoms with Gasteiger partial charge >= 0.3 is 5.69 Å². The molecule has 1 aromatic heterocycles. The van der Waals surface area contributed by atoms with E-state index in [1.807, 2.05) is 6.92 Å². The average molecular weight is 226 g/mol. The molecule has 0 saturated heterocycles. The van der Waals surface area contributed by atoms with Gasteiger partial charge in [0.2, 0.25) is 11.7 Å². The number of nitrogens with two attached hydrogens (primary N) is 1. The largest absolute Gasteiger partial charge is 0.476 e. The highest BCUT2D eigenvalue weighted by molar-refractivity contribution is 5.53. The zero-order valence-electron chi connectivity index (χ0n) is 8.97. The normalized spacial score (nSPS) is 10.1. The molecule has 7 nitrogen and oxygen atoms in total. The van der Waals surface area contributed by atoms with E-state index in [2.05, 4.69) is 10.3 Å². The summed E-state index contributed by atoms with van der Waals surface area (Å²) in [5.74, 6) is 0.159. The number of ether oxygens (including phenoxy) is 1. The van der Waals surface area contributed by atoms with Crippen LogP contribution in [-0.4, -0.2) is 29.6 Å². The van der Waals surface area contributed by atoms with E-state index in [4.69, 9.17) is 10.5 Å². The number of aromatic nitrogens is 1. The van der Waals surface area contributed by atoms with Gasteiger partial charge in [0.25, 0.3) is 0 Å². The van der Waals surface area contributed by atoms with Crippen LogP contribution < -0.4 is 15.8 Å². The van der Waals surface area contributed by atoms with E-state index in [9.17, 15) is 10.1 Å². The molecule has 0 bridgehead atoms. The molecule has 0 aliphatic rings. The minimum Gasteiger partial charge on any atom is -0.476 e. The molecule has 3 N–H and O–H groups in total. The number of hydrogen-bond acceptors (Lipinski definition) is 6. The Morgan fingerprint density at radius 3 is 2.94 bits per heavy atom. The number of nitrogens with zero attached hydrogens (tertiary/aromatic N) is 2. The van der Waals surface area contributed by atoms with Crippen molar-refractivity contribution in [2.75, 3.05) is 25.4 Å². The molecule has 0 radical (unpaired) electrons. The molecule has 1 rings (SSSR count). The fourth-order valence-electron chi connectivity index (χ4n) is 1.09. The fourth-order valence-corrected chi connectivity index (χ4v) is 1.09. The number of rotatable bonds is 6. The third kappa shape index (κ3) is 3.35. The standard InChI is InChI=1S/C9H14N4O3/c1-2-11-5-6-16-8-4-3-7(13(14)15)9(10)12-8/h3-4,11H,2,5-6H2,1H3,(H2,10,12). The van der Waals surface area contributed by atoms with Gasteiger partial charge in [-0.15, -0.1) is 0 Å². The van der Waals surface area contributed by atoms with E-state index in [-0.39, 0.29) is 11.5 Å². The zero-order chi connectivity index (χ0) is 12.0.